The second kappa shape index (κ2) is 5.70. The largest absolute Gasteiger partial charge is 0.380 e. The minimum absolute atomic E-state index is 0.668. The third kappa shape index (κ3) is 2.72. The summed E-state index contributed by atoms with van der Waals surface area (Å²) in [6.45, 7) is 0.668. The van der Waals surface area contributed by atoms with Crippen LogP contribution >= 0.6 is 23.2 Å². The van der Waals surface area contributed by atoms with Gasteiger partial charge in [-0.3, -0.25) is 4.98 Å². The average Bonchev–Trinajstić information content (AvgIpc) is 2.46. The lowest BCUT2D eigenvalue weighted by Crippen LogP contribution is -2.00. The molecule has 0 fully saturated rings. The molecule has 1 N–H and O–H groups in total. The van der Waals surface area contributed by atoms with Gasteiger partial charge in [0.2, 0.25) is 0 Å². The van der Waals surface area contributed by atoms with Gasteiger partial charge in [-0.05, 0) is 35.9 Å². The molecule has 0 spiro atoms. The standard InChI is InChI=1S/C16H12Cl2N2/c17-12-5-6-13-15(7-8-19-16(13)9-12)20-10-11-3-1-2-4-14(11)18/h1-9H,10H2,(H,19,20). The number of hydrogen-bond donors (Lipinski definition) is 1. The van der Waals surface area contributed by atoms with Crippen molar-refractivity contribution >= 4 is 39.8 Å². The topological polar surface area (TPSA) is 24.9 Å². The Morgan fingerprint density at radius 2 is 1.85 bits per heavy atom. The Morgan fingerprint density at radius 3 is 2.70 bits per heavy atom. The van der Waals surface area contributed by atoms with Gasteiger partial charge in [0.05, 0.1) is 5.52 Å². The Balaban J connectivity index is 1.90. The highest BCUT2D eigenvalue weighted by Gasteiger charge is 2.04. The summed E-state index contributed by atoms with van der Waals surface area (Å²) in [4.78, 5) is 4.32. The van der Waals surface area contributed by atoms with Gasteiger partial charge in [0.1, 0.15) is 0 Å². The van der Waals surface area contributed by atoms with Crippen molar-refractivity contribution in [2.24, 2.45) is 0 Å². The predicted octanol–water partition coefficient (Wildman–Crippen LogP) is 5.15. The van der Waals surface area contributed by atoms with Crippen LogP contribution in [0.2, 0.25) is 10.0 Å². The summed E-state index contributed by atoms with van der Waals surface area (Å²) in [5, 5.41) is 5.90. The first-order chi connectivity index (χ1) is 9.74. The molecule has 3 aromatic rings. The highest BCUT2D eigenvalue weighted by atomic mass is 35.5. The van der Waals surface area contributed by atoms with Crippen molar-refractivity contribution in [1.82, 2.24) is 4.98 Å². The second-order valence-electron chi connectivity index (χ2n) is 4.46. The van der Waals surface area contributed by atoms with Crippen LogP contribution in [0.1, 0.15) is 5.56 Å². The maximum Gasteiger partial charge on any atom is 0.0737 e. The van der Waals surface area contributed by atoms with Gasteiger partial charge in [-0.1, -0.05) is 41.4 Å². The van der Waals surface area contributed by atoms with E-state index in [1.54, 1.807) is 6.20 Å². The van der Waals surface area contributed by atoms with Gasteiger partial charge in [-0.25, -0.2) is 0 Å². The number of benzene rings is 2. The number of nitrogens with zero attached hydrogens (tertiary/aromatic N) is 1. The van der Waals surface area contributed by atoms with E-state index in [-0.39, 0.29) is 0 Å². The van der Waals surface area contributed by atoms with Crippen molar-refractivity contribution in [2.45, 2.75) is 6.54 Å². The maximum atomic E-state index is 6.16. The normalized spacial score (nSPS) is 10.7. The van der Waals surface area contributed by atoms with Crippen molar-refractivity contribution in [3.8, 4) is 0 Å². The van der Waals surface area contributed by atoms with Crippen molar-refractivity contribution in [3.63, 3.8) is 0 Å². The summed E-state index contributed by atoms with van der Waals surface area (Å²) < 4.78 is 0. The average molecular weight is 303 g/mol. The van der Waals surface area contributed by atoms with E-state index in [4.69, 9.17) is 23.2 Å². The third-order valence-corrected chi connectivity index (χ3v) is 3.74. The highest BCUT2D eigenvalue weighted by molar-refractivity contribution is 6.31. The molecule has 0 saturated carbocycles. The molecule has 0 aliphatic heterocycles. The van der Waals surface area contributed by atoms with Crippen LogP contribution < -0.4 is 5.32 Å². The fraction of sp³-hybridized carbons (Fsp3) is 0.0625. The van der Waals surface area contributed by atoms with Crippen LogP contribution in [-0.4, -0.2) is 4.98 Å². The van der Waals surface area contributed by atoms with Crippen molar-refractivity contribution < 1.29 is 0 Å². The first kappa shape index (κ1) is 13.2. The predicted molar refractivity (Wildman–Crippen MR) is 85.5 cm³/mol. The Hall–Kier alpha value is -1.77. The number of nitrogens with one attached hydrogen (secondary N) is 1. The number of halogens is 2. The molecule has 0 aliphatic rings. The Bertz CT molecular complexity index is 756. The van der Waals surface area contributed by atoms with E-state index in [2.05, 4.69) is 10.3 Å². The monoisotopic (exact) mass is 302 g/mol. The smallest absolute Gasteiger partial charge is 0.0737 e. The van der Waals surface area contributed by atoms with E-state index < -0.39 is 0 Å². The molecule has 20 heavy (non-hydrogen) atoms. The third-order valence-electron chi connectivity index (χ3n) is 3.13. The summed E-state index contributed by atoms with van der Waals surface area (Å²) in [6.07, 6.45) is 1.77. The lowest BCUT2D eigenvalue weighted by Gasteiger charge is -2.10. The van der Waals surface area contributed by atoms with Crippen LogP contribution in [0, 0.1) is 0 Å². The molecule has 4 heteroatoms. The Labute approximate surface area is 127 Å². The molecule has 2 aromatic carbocycles. The summed E-state index contributed by atoms with van der Waals surface area (Å²) >= 11 is 12.1. The number of anilines is 1. The van der Waals surface area contributed by atoms with E-state index >= 15 is 0 Å². The summed E-state index contributed by atoms with van der Waals surface area (Å²) in [5.41, 5.74) is 2.96. The number of rotatable bonds is 3. The van der Waals surface area contributed by atoms with Crippen LogP contribution in [0.3, 0.4) is 0 Å². The zero-order valence-electron chi connectivity index (χ0n) is 10.6. The van der Waals surface area contributed by atoms with Gasteiger partial charge in [0.15, 0.2) is 0 Å². The van der Waals surface area contributed by atoms with Crippen LogP contribution in [0.15, 0.2) is 54.7 Å². The van der Waals surface area contributed by atoms with E-state index in [0.717, 1.165) is 27.2 Å². The quantitative estimate of drug-likeness (QED) is 0.723. The van der Waals surface area contributed by atoms with Gasteiger partial charge >= 0.3 is 0 Å². The van der Waals surface area contributed by atoms with E-state index in [1.165, 1.54) is 0 Å². The molecule has 3 rings (SSSR count). The van der Waals surface area contributed by atoms with Gasteiger partial charge in [-0.2, -0.15) is 0 Å². The van der Waals surface area contributed by atoms with Crippen LogP contribution in [-0.2, 0) is 6.54 Å². The maximum absolute atomic E-state index is 6.16. The summed E-state index contributed by atoms with van der Waals surface area (Å²) in [6, 6.07) is 15.5. The van der Waals surface area contributed by atoms with Crippen molar-refractivity contribution in [1.29, 1.82) is 0 Å². The molecule has 1 heterocycles. The molecule has 1 aromatic heterocycles. The molecule has 0 radical (unpaired) electrons. The lowest BCUT2D eigenvalue weighted by atomic mass is 10.1. The number of pyridine rings is 1. The zero-order chi connectivity index (χ0) is 13.9. The van der Waals surface area contributed by atoms with Crippen LogP contribution in [0.5, 0.6) is 0 Å². The molecule has 0 saturated heterocycles. The second-order valence-corrected chi connectivity index (χ2v) is 5.31. The van der Waals surface area contributed by atoms with Gasteiger partial charge < -0.3 is 5.32 Å². The molecule has 100 valence electrons. The van der Waals surface area contributed by atoms with Crippen LogP contribution in [0.4, 0.5) is 5.69 Å². The van der Waals surface area contributed by atoms with Gasteiger partial charge in [-0.15, -0.1) is 0 Å². The molecule has 0 bridgehead atoms. The van der Waals surface area contributed by atoms with Gasteiger partial charge in [0, 0.05) is 33.9 Å². The van der Waals surface area contributed by atoms with Gasteiger partial charge in [0.25, 0.3) is 0 Å². The minimum Gasteiger partial charge on any atom is -0.380 e. The van der Waals surface area contributed by atoms with E-state index in [9.17, 15) is 0 Å². The first-order valence-electron chi connectivity index (χ1n) is 6.25. The van der Waals surface area contributed by atoms with E-state index in [1.807, 2.05) is 48.5 Å². The Morgan fingerprint density at radius 1 is 1.00 bits per heavy atom. The molecular weight excluding hydrogens is 291 g/mol. The zero-order valence-corrected chi connectivity index (χ0v) is 12.1. The lowest BCUT2D eigenvalue weighted by molar-refractivity contribution is 1.15. The number of aromatic nitrogens is 1. The Kier molecular flexibility index (Phi) is 3.77. The fourth-order valence-corrected chi connectivity index (χ4v) is 2.48. The summed E-state index contributed by atoms with van der Waals surface area (Å²) in [5.74, 6) is 0. The fourth-order valence-electron chi connectivity index (χ4n) is 2.11. The van der Waals surface area contributed by atoms with Crippen LogP contribution in [0.25, 0.3) is 10.9 Å². The molecule has 0 atom stereocenters. The first-order valence-corrected chi connectivity index (χ1v) is 7.01. The molecule has 0 amide bonds. The molecule has 0 unspecified atom stereocenters. The molecule has 2 nitrogen and oxygen atoms in total. The number of hydrogen-bond acceptors (Lipinski definition) is 2. The van der Waals surface area contributed by atoms with Crippen molar-refractivity contribution in [3.05, 3.63) is 70.3 Å². The SMILES string of the molecule is Clc1ccc2c(NCc3ccccc3Cl)ccnc2c1. The minimum atomic E-state index is 0.668. The molecular formula is C16H12Cl2N2. The van der Waals surface area contributed by atoms with E-state index in [0.29, 0.717) is 11.6 Å². The van der Waals surface area contributed by atoms with Crippen molar-refractivity contribution in [2.75, 3.05) is 5.32 Å². The summed E-state index contributed by atoms with van der Waals surface area (Å²) in [7, 11) is 0. The number of fused-ring (bicyclic) bond motifs is 1. The molecule has 0 aliphatic carbocycles. The highest BCUT2D eigenvalue weighted by Crippen LogP contribution is 2.25.